The first kappa shape index (κ1) is 23.7. The number of aromatic nitrogens is 1. The van der Waals surface area contributed by atoms with Gasteiger partial charge in [0.05, 0.1) is 29.8 Å². The largest absolute Gasteiger partial charge is 0.393 e. The van der Waals surface area contributed by atoms with E-state index in [1.165, 1.54) is 0 Å². The zero-order chi connectivity index (χ0) is 24.4. The number of hydrogen-bond acceptors (Lipinski definition) is 5. The van der Waals surface area contributed by atoms with E-state index in [0.717, 1.165) is 27.8 Å². The number of hydrogen-bond donors (Lipinski definition) is 2. The van der Waals surface area contributed by atoms with Crippen LogP contribution in [-0.4, -0.2) is 52.0 Å². The number of nitrogens with zero attached hydrogens (tertiary/aromatic N) is 3. The number of primary amides is 1. The van der Waals surface area contributed by atoms with Gasteiger partial charge >= 0.3 is 0 Å². The fraction of sp³-hybridized carbons (Fsp3) is 0.370. The Morgan fingerprint density at radius 1 is 1.18 bits per heavy atom. The second kappa shape index (κ2) is 9.80. The molecule has 0 saturated carbocycles. The Morgan fingerprint density at radius 2 is 1.85 bits per heavy atom. The number of likely N-dealkylation sites (tertiary alicyclic amines) is 1. The zero-order valence-corrected chi connectivity index (χ0v) is 19.6. The number of aliphatic hydroxyl groups is 1. The normalized spacial score (nSPS) is 15.8. The minimum absolute atomic E-state index is 0.0456. The predicted octanol–water partition coefficient (Wildman–Crippen LogP) is 3.43. The maximum absolute atomic E-state index is 13.5. The quantitative estimate of drug-likeness (QED) is 0.527. The summed E-state index contributed by atoms with van der Waals surface area (Å²) in [5.74, 6) is -0.358. The maximum atomic E-state index is 13.5. The number of rotatable bonds is 7. The molecular formula is C27H30N4O3. The molecule has 0 spiro atoms. The first-order valence-electron chi connectivity index (χ1n) is 11.7. The molecule has 1 saturated heterocycles. The lowest BCUT2D eigenvalue weighted by atomic mass is 9.95. The van der Waals surface area contributed by atoms with E-state index >= 15 is 0 Å². The van der Waals surface area contributed by atoms with Crippen molar-refractivity contribution in [3.8, 4) is 11.8 Å². The summed E-state index contributed by atoms with van der Waals surface area (Å²) in [5.41, 5.74) is 10.2. The van der Waals surface area contributed by atoms with Crippen molar-refractivity contribution in [2.75, 3.05) is 19.6 Å². The van der Waals surface area contributed by atoms with Crippen LogP contribution >= 0.6 is 0 Å². The van der Waals surface area contributed by atoms with Gasteiger partial charge in [-0.1, -0.05) is 19.1 Å². The summed E-state index contributed by atoms with van der Waals surface area (Å²) in [7, 11) is 0. The monoisotopic (exact) mass is 458 g/mol. The molecule has 1 amide bonds. The van der Waals surface area contributed by atoms with Crippen LogP contribution in [0.4, 0.5) is 0 Å². The van der Waals surface area contributed by atoms with Gasteiger partial charge in [0.2, 0.25) is 5.91 Å². The number of nitriles is 1. The van der Waals surface area contributed by atoms with Crippen molar-refractivity contribution in [3.63, 3.8) is 0 Å². The third-order valence-electron chi connectivity index (χ3n) is 6.76. The number of benzene rings is 2. The fourth-order valence-corrected chi connectivity index (χ4v) is 4.89. The van der Waals surface area contributed by atoms with Crippen LogP contribution in [0.3, 0.4) is 0 Å². The Hall–Kier alpha value is -3.47. The van der Waals surface area contributed by atoms with E-state index in [-0.39, 0.29) is 30.1 Å². The second-order valence-electron chi connectivity index (χ2n) is 9.23. The van der Waals surface area contributed by atoms with Gasteiger partial charge in [0.25, 0.3) is 0 Å². The molecule has 1 aliphatic heterocycles. The van der Waals surface area contributed by atoms with E-state index in [1.807, 2.05) is 48.7 Å². The molecule has 7 heteroatoms. The van der Waals surface area contributed by atoms with Crippen molar-refractivity contribution in [1.29, 1.82) is 5.26 Å². The number of aliphatic hydroxyl groups excluding tert-OH is 1. The summed E-state index contributed by atoms with van der Waals surface area (Å²) in [5, 5.41) is 19.8. The van der Waals surface area contributed by atoms with Crippen molar-refractivity contribution < 1.29 is 14.7 Å². The summed E-state index contributed by atoms with van der Waals surface area (Å²) in [6.45, 7) is 5.62. The number of amides is 1. The first-order chi connectivity index (χ1) is 16.3. The van der Waals surface area contributed by atoms with Crippen LogP contribution in [0.1, 0.15) is 59.3 Å². The van der Waals surface area contributed by atoms with Crippen LogP contribution in [0.5, 0.6) is 0 Å². The van der Waals surface area contributed by atoms with E-state index in [2.05, 4.69) is 11.0 Å². The Kier molecular flexibility index (Phi) is 6.82. The van der Waals surface area contributed by atoms with Crippen molar-refractivity contribution in [2.24, 2.45) is 5.73 Å². The lowest BCUT2D eigenvalue weighted by molar-refractivity contribution is -0.118. The highest BCUT2D eigenvalue weighted by molar-refractivity contribution is 6.11. The number of carbonyl (C=O) groups is 2. The SMILES string of the molecule is Cc1c(C(=O)CN2CCC(O)CC2)c2ccc(C(C)CC(N)=O)cc2n1-c1ccc(C#N)cc1. The van der Waals surface area contributed by atoms with Crippen LogP contribution < -0.4 is 5.73 Å². The molecule has 1 aromatic heterocycles. The number of carbonyl (C=O) groups excluding carboxylic acids is 2. The van der Waals surface area contributed by atoms with E-state index in [9.17, 15) is 20.0 Å². The number of nitrogens with two attached hydrogens (primary N) is 1. The molecule has 2 aromatic carbocycles. The molecule has 1 atom stereocenters. The van der Waals surface area contributed by atoms with E-state index < -0.39 is 0 Å². The number of fused-ring (bicyclic) bond motifs is 1. The van der Waals surface area contributed by atoms with E-state index in [4.69, 9.17) is 5.73 Å². The number of piperidine rings is 1. The highest BCUT2D eigenvalue weighted by Gasteiger charge is 2.25. The van der Waals surface area contributed by atoms with Crippen LogP contribution in [-0.2, 0) is 4.79 Å². The van der Waals surface area contributed by atoms with Crippen LogP contribution in [0.15, 0.2) is 42.5 Å². The van der Waals surface area contributed by atoms with Crippen LogP contribution in [0, 0.1) is 18.3 Å². The topological polar surface area (TPSA) is 112 Å². The van der Waals surface area contributed by atoms with Crippen molar-refractivity contribution >= 4 is 22.6 Å². The minimum atomic E-state index is -0.353. The zero-order valence-electron chi connectivity index (χ0n) is 19.6. The molecule has 4 rings (SSSR count). The van der Waals surface area contributed by atoms with E-state index in [1.54, 1.807) is 12.1 Å². The van der Waals surface area contributed by atoms with Gasteiger partial charge in [-0.25, -0.2) is 0 Å². The maximum Gasteiger partial charge on any atom is 0.218 e. The van der Waals surface area contributed by atoms with Crippen molar-refractivity contribution in [3.05, 3.63) is 64.8 Å². The average molecular weight is 459 g/mol. The van der Waals surface area contributed by atoms with Gasteiger partial charge < -0.3 is 15.4 Å². The predicted molar refractivity (Wildman–Crippen MR) is 131 cm³/mol. The summed E-state index contributed by atoms with van der Waals surface area (Å²) in [6, 6.07) is 15.4. The van der Waals surface area contributed by atoms with Gasteiger partial charge in [-0.15, -0.1) is 0 Å². The molecule has 34 heavy (non-hydrogen) atoms. The standard InChI is InChI=1S/C27H30N4O3/c1-17(13-26(29)34)20-5-8-23-24(14-20)31(21-6-3-19(15-28)4-7-21)18(2)27(23)25(33)16-30-11-9-22(32)10-12-30/h3-8,14,17,22,32H,9-13,16H2,1-2H3,(H2,29,34). The Bertz CT molecular complexity index is 1260. The smallest absolute Gasteiger partial charge is 0.218 e. The van der Waals surface area contributed by atoms with Gasteiger partial charge in [-0.2, -0.15) is 5.26 Å². The summed E-state index contributed by atoms with van der Waals surface area (Å²) < 4.78 is 2.05. The van der Waals surface area contributed by atoms with Gasteiger partial charge in [0.15, 0.2) is 5.78 Å². The third-order valence-corrected chi connectivity index (χ3v) is 6.76. The molecule has 3 N–H and O–H groups in total. The Balaban J connectivity index is 1.80. The summed E-state index contributed by atoms with van der Waals surface area (Å²) >= 11 is 0. The van der Waals surface area contributed by atoms with Crippen LogP contribution in [0.2, 0.25) is 0 Å². The molecule has 0 bridgehead atoms. The molecule has 176 valence electrons. The Labute approximate surface area is 199 Å². The lowest BCUT2D eigenvalue weighted by Crippen LogP contribution is -2.39. The molecule has 1 fully saturated rings. The lowest BCUT2D eigenvalue weighted by Gasteiger charge is -2.28. The van der Waals surface area contributed by atoms with Gasteiger partial charge in [0.1, 0.15) is 0 Å². The van der Waals surface area contributed by atoms with E-state index in [0.29, 0.717) is 43.6 Å². The number of Topliss-reactive ketones (excluding diaryl/α,β-unsaturated/α-hetero) is 1. The van der Waals surface area contributed by atoms with Crippen molar-refractivity contribution in [2.45, 2.75) is 45.1 Å². The highest BCUT2D eigenvalue weighted by Crippen LogP contribution is 2.33. The van der Waals surface area contributed by atoms with Crippen LogP contribution in [0.25, 0.3) is 16.6 Å². The number of ketones is 1. The molecule has 3 aromatic rings. The molecule has 1 unspecified atom stereocenters. The summed E-state index contributed by atoms with van der Waals surface area (Å²) in [6.07, 6.45) is 1.32. The van der Waals surface area contributed by atoms with Gasteiger partial charge in [-0.05, 0) is 61.6 Å². The first-order valence-corrected chi connectivity index (χ1v) is 11.7. The molecule has 0 radical (unpaired) electrons. The molecule has 7 nitrogen and oxygen atoms in total. The van der Waals surface area contributed by atoms with Crippen molar-refractivity contribution in [1.82, 2.24) is 9.47 Å². The molecule has 1 aliphatic rings. The molecule has 2 heterocycles. The van der Waals surface area contributed by atoms with Gasteiger partial charge in [-0.3, -0.25) is 14.5 Å². The average Bonchev–Trinajstić information content (AvgIpc) is 3.11. The minimum Gasteiger partial charge on any atom is -0.393 e. The third kappa shape index (κ3) is 4.74. The van der Waals surface area contributed by atoms with Gasteiger partial charge in [0, 0.05) is 41.8 Å². The molecular weight excluding hydrogens is 428 g/mol. The highest BCUT2D eigenvalue weighted by atomic mass is 16.3. The molecule has 0 aliphatic carbocycles. The Morgan fingerprint density at radius 3 is 2.47 bits per heavy atom. The summed E-state index contributed by atoms with van der Waals surface area (Å²) in [4.78, 5) is 27.1. The second-order valence-corrected chi connectivity index (χ2v) is 9.23. The fourth-order valence-electron chi connectivity index (χ4n) is 4.89.